The first-order chi connectivity index (χ1) is 7.93. The number of rotatable bonds is 1. The van der Waals surface area contributed by atoms with Gasteiger partial charge in [-0.15, -0.1) is 0 Å². The molecule has 94 valence electrons. The predicted octanol–water partition coefficient (Wildman–Crippen LogP) is 3.35. The molecule has 0 amide bonds. The third-order valence-corrected chi connectivity index (χ3v) is 3.48. The van der Waals surface area contributed by atoms with E-state index in [2.05, 4.69) is 5.32 Å². The van der Waals surface area contributed by atoms with Crippen molar-refractivity contribution in [2.45, 2.75) is 31.4 Å². The Morgan fingerprint density at radius 1 is 1.24 bits per heavy atom. The lowest BCUT2D eigenvalue weighted by molar-refractivity contribution is -0.138. The van der Waals surface area contributed by atoms with E-state index in [1.807, 2.05) is 6.92 Å². The zero-order valence-corrected chi connectivity index (χ0v) is 9.77. The predicted molar refractivity (Wildman–Crippen MR) is 60.9 cm³/mol. The van der Waals surface area contributed by atoms with Crippen molar-refractivity contribution in [3.8, 4) is 0 Å². The van der Waals surface area contributed by atoms with Crippen LogP contribution in [0.5, 0.6) is 0 Å². The van der Waals surface area contributed by atoms with Gasteiger partial charge in [0.05, 0.1) is 5.56 Å². The quantitative estimate of drug-likeness (QED) is 0.797. The average molecular weight is 243 g/mol. The Morgan fingerprint density at radius 3 is 2.53 bits per heavy atom. The molecule has 0 aromatic heterocycles. The Morgan fingerprint density at radius 2 is 1.94 bits per heavy atom. The topological polar surface area (TPSA) is 12.0 Å². The van der Waals surface area contributed by atoms with Crippen LogP contribution < -0.4 is 5.32 Å². The van der Waals surface area contributed by atoms with Gasteiger partial charge in [0.15, 0.2) is 0 Å². The molecular weight excluding hydrogens is 227 g/mol. The molecule has 0 bridgehead atoms. The van der Waals surface area contributed by atoms with Gasteiger partial charge in [0.25, 0.3) is 0 Å². The van der Waals surface area contributed by atoms with Crippen LogP contribution in [0.1, 0.15) is 30.9 Å². The molecule has 1 saturated heterocycles. The fourth-order valence-electron chi connectivity index (χ4n) is 2.54. The lowest BCUT2D eigenvalue weighted by Gasteiger charge is -2.36. The van der Waals surface area contributed by atoms with Crippen molar-refractivity contribution < 1.29 is 13.2 Å². The second kappa shape index (κ2) is 4.33. The molecule has 0 radical (unpaired) electrons. The van der Waals surface area contributed by atoms with Crippen LogP contribution in [0.2, 0.25) is 0 Å². The van der Waals surface area contributed by atoms with Crippen molar-refractivity contribution in [2.75, 3.05) is 13.1 Å². The molecule has 1 unspecified atom stereocenters. The van der Waals surface area contributed by atoms with E-state index < -0.39 is 17.2 Å². The largest absolute Gasteiger partial charge is 0.416 e. The first-order valence-corrected chi connectivity index (χ1v) is 5.81. The van der Waals surface area contributed by atoms with Crippen LogP contribution in [0.3, 0.4) is 0 Å². The van der Waals surface area contributed by atoms with Crippen LogP contribution in [0.4, 0.5) is 13.2 Å². The molecule has 0 saturated carbocycles. The Hall–Kier alpha value is -1.03. The third kappa shape index (κ3) is 2.46. The highest BCUT2D eigenvalue weighted by atomic mass is 19.4. The van der Waals surface area contributed by atoms with Gasteiger partial charge in [-0.05, 0) is 31.0 Å². The fourth-order valence-corrected chi connectivity index (χ4v) is 2.54. The number of halogens is 3. The number of alkyl halides is 3. The number of hydrogen-bond donors (Lipinski definition) is 1. The van der Waals surface area contributed by atoms with E-state index in [1.165, 1.54) is 12.1 Å². The molecule has 1 heterocycles. The Kier molecular flexibility index (Phi) is 3.17. The minimum atomic E-state index is -4.27. The minimum absolute atomic E-state index is 0.412. The molecule has 1 aromatic carbocycles. The molecule has 17 heavy (non-hydrogen) atoms. The molecule has 0 aliphatic carbocycles. The zero-order valence-electron chi connectivity index (χ0n) is 9.77. The molecule has 1 fully saturated rings. The number of hydrogen-bond acceptors (Lipinski definition) is 1. The van der Waals surface area contributed by atoms with Crippen molar-refractivity contribution in [3.63, 3.8) is 0 Å². The molecule has 1 aliphatic rings. The van der Waals surface area contributed by atoms with E-state index >= 15 is 0 Å². The maximum Gasteiger partial charge on any atom is 0.416 e. The van der Waals surface area contributed by atoms with Gasteiger partial charge in [-0.1, -0.05) is 25.1 Å². The summed E-state index contributed by atoms with van der Waals surface area (Å²) >= 11 is 0. The lowest BCUT2D eigenvalue weighted by atomic mass is 9.74. The van der Waals surface area contributed by atoms with Crippen LogP contribution in [-0.2, 0) is 11.6 Å². The molecule has 1 aromatic rings. The second-order valence-electron chi connectivity index (χ2n) is 4.88. The van der Waals surface area contributed by atoms with Crippen LogP contribution in [0.25, 0.3) is 0 Å². The van der Waals surface area contributed by atoms with Gasteiger partial charge in [0, 0.05) is 12.0 Å². The molecule has 1 aliphatic heterocycles. The summed E-state index contributed by atoms with van der Waals surface area (Å²) < 4.78 is 38.9. The van der Waals surface area contributed by atoms with Gasteiger partial charge in [-0.2, -0.15) is 13.2 Å². The first kappa shape index (κ1) is 12.4. The van der Waals surface area contributed by atoms with Crippen LogP contribution in [0.15, 0.2) is 24.3 Å². The third-order valence-electron chi connectivity index (χ3n) is 3.48. The van der Waals surface area contributed by atoms with Gasteiger partial charge in [0.1, 0.15) is 0 Å². The maximum atomic E-state index is 13.0. The van der Waals surface area contributed by atoms with Gasteiger partial charge in [-0.3, -0.25) is 0 Å². The lowest BCUT2D eigenvalue weighted by Crippen LogP contribution is -2.42. The first-order valence-electron chi connectivity index (χ1n) is 5.81. The van der Waals surface area contributed by atoms with Crippen molar-refractivity contribution in [2.24, 2.45) is 0 Å². The highest BCUT2D eigenvalue weighted by Gasteiger charge is 2.39. The SMILES string of the molecule is CC1(c2ccccc2C(F)(F)F)CCCNC1. The zero-order chi connectivity index (χ0) is 12.5. The smallest absolute Gasteiger partial charge is 0.316 e. The van der Waals surface area contributed by atoms with E-state index in [1.54, 1.807) is 12.1 Å². The molecule has 1 nitrogen and oxygen atoms in total. The molecule has 1 atom stereocenters. The normalized spacial score (nSPS) is 25.9. The summed E-state index contributed by atoms with van der Waals surface area (Å²) in [6.07, 6.45) is -2.55. The molecular formula is C13H16F3N. The van der Waals surface area contributed by atoms with Gasteiger partial charge in [0.2, 0.25) is 0 Å². The van der Waals surface area contributed by atoms with E-state index in [4.69, 9.17) is 0 Å². The Balaban J connectivity index is 2.44. The van der Waals surface area contributed by atoms with Crippen LogP contribution >= 0.6 is 0 Å². The van der Waals surface area contributed by atoms with Crippen LogP contribution in [-0.4, -0.2) is 13.1 Å². The molecule has 4 heteroatoms. The number of piperidine rings is 1. The van der Waals surface area contributed by atoms with E-state index in [-0.39, 0.29) is 0 Å². The summed E-state index contributed by atoms with van der Waals surface area (Å²) in [7, 11) is 0. The highest BCUT2D eigenvalue weighted by Crippen LogP contribution is 2.40. The summed E-state index contributed by atoms with van der Waals surface area (Å²) in [6, 6.07) is 5.92. The summed E-state index contributed by atoms with van der Waals surface area (Å²) in [6.45, 7) is 3.41. The number of benzene rings is 1. The van der Waals surface area contributed by atoms with Gasteiger partial charge < -0.3 is 5.32 Å². The van der Waals surface area contributed by atoms with Crippen molar-refractivity contribution in [3.05, 3.63) is 35.4 Å². The van der Waals surface area contributed by atoms with E-state index in [9.17, 15) is 13.2 Å². The van der Waals surface area contributed by atoms with E-state index in [0.29, 0.717) is 12.1 Å². The molecule has 2 rings (SSSR count). The Bertz CT molecular complexity index is 392. The van der Waals surface area contributed by atoms with Gasteiger partial charge in [-0.25, -0.2) is 0 Å². The van der Waals surface area contributed by atoms with Crippen molar-refractivity contribution in [1.82, 2.24) is 5.32 Å². The molecule has 1 N–H and O–H groups in total. The minimum Gasteiger partial charge on any atom is -0.316 e. The second-order valence-corrected chi connectivity index (χ2v) is 4.88. The number of nitrogens with one attached hydrogen (secondary N) is 1. The maximum absolute atomic E-state index is 13.0. The summed E-state index contributed by atoms with van der Waals surface area (Å²) in [5.74, 6) is 0. The highest BCUT2D eigenvalue weighted by molar-refractivity contribution is 5.36. The van der Waals surface area contributed by atoms with Crippen molar-refractivity contribution in [1.29, 1.82) is 0 Å². The van der Waals surface area contributed by atoms with Crippen LogP contribution in [0, 0.1) is 0 Å². The summed E-state index contributed by atoms with van der Waals surface area (Å²) in [5.41, 5.74) is -0.490. The fraction of sp³-hybridized carbons (Fsp3) is 0.538. The molecule has 0 spiro atoms. The van der Waals surface area contributed by atoms with Gasteiger partial charge >= 0.3 is 6.18 Å². The monoisotopic (exact) mass is 243 g/mol. The summed E-state index contributed by atoms with van der Waals surface area (Å²) in [5, 5.41) is 3.19. The van der Waals surface area contributed by atoms with Crippen molar-refractivity contribution >= 4 is 0 Å². The standard InChI is InChI=1S/C13H16F3N/c1-12(7-4-8-17-9-12)10-5-2-3-6-11(10)13(14,15)16/h2-3,5-6,17H,4,7-9H2,1H3. The average Bonchev–Trinajstić information content (AvgIpc) is 2.29. The summed E-state index contributed by atoms with van der Waals surface area (Å²) in [4.78, 5) is 0. The Labute approximate surface area is 99.0 Å². The van der Waals surface area contributed by atoms with E-state index in [0.717, 1.165) is 19.4 Å².